The van der Waals surface area contributed by atoms with Gasteiger partial charge in [0.05, 0.1) is 11.4 Å². The quantitative estimate of drug-likeness (QED) is 0.778. The van der Waals surface area contributed by atoms with E-state index in [9.17, 15) is 0 Å². The molecule has 5 nitrogen and oxygen atoms in total. The van der Waals surface area contributed by atoms with Crippen LogP contribution in [0.2, 0.25) is 0 Å². The lowest BCUT2D eigenvalue weighted by molar-refractivity contribution is 0.940. The van der Waals surface area contributed by atoms with Crippen molar-refractivity contribution >= 4 is 11.5 Å². The Morgan fingerprint density at radius 3 is 2.95 bits per heavy atom. The predicted molar refractivity (Wildman–Crippen MR) is 75.1 cm³/mol. The Balaban J connectivity index is 2.23. The minimum Gasteiger partial charge on any atom is -0.373 e. The first kappa shape index (κ1) is 11.6. The minimum absolute atomic E-state index is 0.808. The van der Waals surface area contributed by atoms with Gasteiger partial charge in [-0.05, 0) is 12.1 Å². The Morgan fingerprint density at radius 2 is 2.16 bits per heavy atom. The smallest absolute Gasteiger partial charge is 0.137 e. The molecule has 0 atom stereocenters. The van der Waals surface area contributed by atoms with Crippen LogP contribution in [-0.2, 0) is 6.42 Å². The van der Waals surface area contributed by atoms with Crippen LogP contribution in [0.25, 0.3) is 17.0 Å². The molecule has 0 spiro atoms. The molecule has 0 amide bonds. The molecule has 3 rings (SSSR count). The summed E-state index contributed by atoms with van der Waals surface area (Å²) in [6.45, 7) is 2.05. The van der Waals surface area contributed by atoms with Crippen molar-refractivity contribution in [2.24, 2.45) is 0 Å². The van der Waals surface area contributed by atoms with Gasteiger partial charge in [0.2, 0.25) is 0 Å². The van der Waals surface area contributed by atoms with Crippen LogP contribution in [0.4, 0.5) is 5.82 Å². The molecule has 0 aliphatic carbocycles. The molecule has 0 saturated carbocycles. The zero-order valence-electron chi connectivity index (χ0n) is 11.0. The van der Waals surface area contributed by atoms with Gasteiger partial charge in [-0.3, -0.25) is 4.40 Å². The van der Waals surface area contributed by atoms with Crippen LogP contribution < -0.4 is 5.32 Å². The van der Waals surface area contributed by atoms with E-state index in [-0.39, 0.29) is 0 Å². The van der Waals surface area contributed by atoms with Crippen LogP contribution in [0.15, 0.2) is 36.7 Å². The lowest BCUT2D eigenvalue weighted by Gasteiger charge is -2.08. The standard InChI is InChI=1S/C14H15N5/c1-3-12-17-10(9-13(15-2)18-12)11-5-4-6-14-16-7-8-19(11)14/h4-9H,3H2,1-2H3,(H,15,17,18). The summed E-state index contributed by atoms with van der Waals surface area (Å²) in [4.78, 5) is 13.3. The first-order chi connectivity index (χ1) is 9.31. The van der Waals surface area contributed by atoms with Gasteiger partial charge in [0.15, 0.2) is 0 Å². The number of imidazole rings is 1. The van der Waals surface area contributed by atoms with E-state index in [4.69, 9.17) is 0 Å². The van der Waals surface area contributed by atoms with E-state index in [0.29, 0.717) is 0 Å². The van der Waals surface area contributed by atoms with Crippen molar-refractivity contribution in [1.29, 1.82) is 0 Å². The number of fused-ring (bicyclic) bond motifs is 1. The van der Waals surface area contributed by atoms with Crippen LogP contribution >= 0.6 is 0 Å². The summed E-state index contributed by atoms with van der Waals surface area (Å²) in [6.07, 6.45) is 4.54. The zero-order valence-corrected chi connectivity index (χ0v) is 11.0. The first-order valence-electron chi connectivity index (χ1n) is 6.30. The number of aromatic nitrogens is 4. The normalized spacial score (nSPS) is 10.8. The Hall–Kier alpha value is -2.43. The lowest BCUT2D eigenvalue weighted by atomic mass is 10.2. The fourth-order valence-electron chi connectivity index (χ4n) is 2.07. The molecule has 3 aromatic heterocycles. The average molecular weight is 253 g/mol. The first-order valence-corrected chi connectivity index (χ1v) is 6.30. The van der Waals surface area contributed by atoms with Crippen LogP contribution in [0.5, 0.6) is 0 Å². The maximum Gasteiger partial charge on any atom is 0.137 e. The van der Waals surface area contributed by atoms with Crippen LogP contribution in [0.3, 0.4) is 0 Å². The second-order valence-electron chi connectivity index (χ2n) is 4.22. The SMILES string of the molecule is CCc1nc(NC)cc(-c2cccc3nccn23)n1. The topological polar surface area (TPSA) is 55.1 Å². The number of pyridine rings is 1. The zero-order chi connectivity index (χ0) is 13.2. The van der Waals surface area contributed by atoms with E-state index in [1.165, 1.54) is 0 Å². The summed E-state index contributed by atoms with van der Waals surface area (Å²) < 4.78 is 2.03. The molecular weight excluding hydrogens is 238 g/mol. The number of hydrogen-bond acceptors (Lipinski definition) is 4. The highest BCUT2D eigenvalue weighted by molar-refractivity contribution is 5.62. The summed E-state index contributed by atoms with van der Waals surface area (Å²) in [5.74, 6) is 1.66. The lowest BCUT2D eigenvalue weighted by Crippen LogP contribution is -2.02. The van der Waals surface area contributed by atoms with E-state index >= 15 is 0 Å². The molecule has 0 fully saturated rings. The van der Waals surface area contributed by atoms with Crippen molar-refractivity contribution in [3.05, 3.63) is 42.5 Å². The molecule has 1 N–H and O–H groups in total. The van der Waals surface area contributed by atoms with Gasteiger partial charge in [0.1, 0.15) is 17.3 Å². The summed E-state index contributed by atoms with van der Waals surface area (Å²) in [5.41, 5.74) is 2.84. The van der Waals surface area contributed by atoms with Crippen molar-refractivity contribution in [2.75, 3.05) is 12.4 Å². The molecule has 0 unspecified atom stereocenters. The highest BCUT2D eigenvalue weighted by Gasteiger charge is 2.08. The predicted octanol–water partition coefficient (Wildman–Crippen LogP) is 2.40. The Morgan fingerprint density at radius 1 is 1.26 bits per heavy atom. The molecule has 3 aromatic rings. The van der Waals surface area contributed by atoms with Gasteiger partial charge in [-0.2, -0.15) is 0 Å². The molecule has 0 aromatic carbocycles. The van der Waals surface area contributed by atoms with Gasteiger partial charge in [0, 0.05) is 31.9 Å². The summed E-state index contributed by atoms with van der Waals surface area (Å²) in [7, 11) is 1.86. The largest absolute Gasteiger partial charge is 0.373 e. The fraction of sp³-hybridized carbons (Fsp3) is 0.214. The third kappa shape index (κ3) is 2.03. The molecule has 96 valence electrons. The highest BCUT2D eigenvalue weighted by Crippen LogP contribution is 2.21. The molecule has 0 saturated heterocycles. The van der Waals surface area contributed by atoms with Crippen LogP contribution in [0, 0.1) is 0 Å². The number of nitrogens with one attached hydrogen (secondary N) is 1. The van der Waals surface area contributed by atoms with E-state index < -0.39 is 0 Å². The second-order valence-corrected chi connectivity index (χ2v) is 4.22. The van der Waals surface area contributed by atoms with Gasteiger partial charge < -0.3 is 5.32 Å². The Kier molecular flexibility index (Phi) is 2.87. The number of aryl methyl sites for hydroxylation is 1. The average Bonchev–Trinajstić information content (AvgIpc) is 2.94. The van der Waals surface area contributed by atoms with E-state index in [2.05, 4.69) is 27.2 Å². The van der Waals surface area contributed by atoms with Gasteiger partial charge in [-0.15, -0.1) is 0 Å². The van der Waals surface area contributed by atoms with Crippen LogP contribution in [-0.4, -0.2) is 26.4 Å². The number of hydrogen-bond donors (Lipinski definition) is 1. The second kappa shape index (κ2) is 4.68. The third-order valence-electron chi connectivity index (χ3n) is 3.04. The van der Waals surface area contributed by atoms with Gasteiger partial charge >= 0.3 is 0 Å². The molecule has 0 aliphatic heterocycles. The van der Waals surface area contributed by atoms with Gasteiger partial charge in [-0.1, -0.05) is 13.0 Å². The molecular formula is C14H15N5. The molecule has 3 heterocycles. The molecule has 0 radical (unpaired) electrons. The Bertz CT molecular complexity index is 694. The molecule has 19 heavy (non-hydrogen) atoms. The van der Waals surface area contributed by atoms with E-state index in [1.807, 2.05) is 41.9 Å². The van der Waals surface area contributed by atoms with Crippen molar-refractivity contribution in [3.8, 4) is 11.4 Å². The number of nitrogens with zero attached hydrogens (tertiary/aromatic N) is 4. The summed E-state index contributed by atoms with van der Waals surface area (Å²) in [5, 5.41) is 3.08. The van der Waals surface area contributed by atoms with Crippen molar-refractivity contribution in [2.45, 2.75) is 13.3 Å². The van der Waals surface area contributed by atoms with E-state index in [0.717, 1.165) is 35.1 Å². The van der Waals surface area contributed by atoms with Crippen molar-refractivity contribution in [3.63, 3.8) is 0 Å². The Labute approximate surface area is 111 Å². The molecule has 5 heteroatoms. The summed E-state index contributed by atoms with van der Waals surface area (Å²) in [6, 6.07) is 7.96. The maximum atomic E-state index is 4.60. The minimum atomic E-state index is 0.808. The monoisotopic (exact) mass is 253 g/mol. The number of anilines is 1. The third-order valence-corrected chi connectivity index (χ3v) is 3.04. The summed E-state index contributed by atoms with van der Waals surface area (Å²) >= 11 is 0. The molecule has 0 bridgehead atoms. The highest BCUT2D eigenvalue weighted by atomic mass is 15.0. The van der Waals surface area contributed by atoms with Crippen molar-refractivity contribution < 1.29 is 0 Å². The fourth-order valence-corrected chi connectivity index (χ4v) is 2.07. The van der Waals surface area contributed by atoms with Gasteiger partial charge in [0.25, 0.3) is 0 Å². The molecule has 0 aliphatic rings. The van der Waals surface area contributed by atoms with Gasteiger partial charge in [-0.25, -0.2) is 15.0 Å². The maximum absolute atomic E-state index is 4.60. The van der Waals surface area contributed by atoms with Crippen molar-refractivity contribution in [1.82, 2.24) is 19.4 Å². The number of rotatable bonds is 3. The van der Waals surface area contributed by atoms with Crippen LogP contribution in [0.1, 0.15) is 12.7 Å². The van der Waals surface area contributed by atoms with E-state index in [1.54, 1.807) is 6.20 Å².